The van der Waals surface area contributed by atoms with Crippen LogP contribution in [0.2, 0.25) is 0 Å². The molecule has 2 aromatic carbocycles. The van der Waals surface area contributed by atoms with Crippen molar-refractivity contribution >= 4 is 17.7 Å². The van der Waals surface area contributed by atoms with Crippen LogP contribution in [0.5, 0.6) is 11.5 Å². The molecule has 0 unspecified atom stereocenters. The lowest BCUT2D eigenvalue weighted by atomic mass is 9.84. The highest BCUT2D eigenvalue weighted by Crippen LogP contribution is 2.41. The Balaban J connectivity index is 1.70. The molecule has 4 rings (SSSR count). The molecule has 0 aliphatic carbocycles. The van der Waals surface area contributed by atoms with Crippen molar-refractivity contribution in [1.82, 2.24) is 10.2 Å². The van der Waals surface area contributed by atoms with E-state index in [9.17, 15) is 14.4 Å². The van der Waals surface area contributed by atoms with Gasteiger partial charge in [-0.25, -0.2) is 4.79 Å². The van der Waals surface area contributed by atoms with Crippen LogP contribution in [0, 0.1) is 0 Å². The second kappa shape index (κ2) is 7.24. The number of fused-ring (bicyclic) bond motifs is 2. The molecule has 0 radical (unpaired) electrons. The summed E-state index contributed by atoms with van der Waals surface area (Å²) in [5.74, 6) is 0.726. The summed E-state index contributed by atoms with van der Waals surface area (Å²) in [7, 11) is 0. The van der Waals surface area contributed by atoms with Crippen LogP contribution < -0.4 is 14.8 Å². The fourth-order valence-electron chi connectivity index (χ4n) is 3.90. The van der Waals surface area contributed by atoms with Crippen molar-refractivity contribution in [2.24, 2.45) is 0 Å². The molecule has 3 amide bonds. The topological polar surface area (TPSA) is 84.9 Å². The first kappa shape index (κ1) is 19.0. The molecule has 1 atom stereocenters. The summed E-state index contributed by atoms with van der Waals surface area (Å²) in [4.78, 5) is 39.2. The Kier molecular flexibility index (Phi) is 4.74. The normalized spacial score (nSPS) is 20.3. The zero-order chi connectivity index (χ0) is 20.6. The smallest absolute Gasteiger partial charge is 0.325 e. The molecule has 29 heavy (non-hydrogen) atoms. The van der Waals surface area contributed by atoms with E-state index in [0.717, 1.165) is 0 Å². The molecule has 2 aliphatic rings. The van der Waals surface area contributed by atoms with Crippen LogP contribution >= 0.6 is 0 Å². The highest BCUT2D eigenvalue weighted by Gasteiger charge is 2.54. The SMILES string of the molecule is CCOc1ccc(C(C)=O)cc1CN1C(=O)N[C@@]2(CCOc3ccccc32)C1=O. The molecule has 7 nitrogen and oxygen atoms in total. The molecule has 0 aromatic heterocycles. The van der Waals surface area contributed by atoms with E-state index in [2.05, 4.69) is 5.32 Å². The lowest BCUT2D eigenvalue weighted by Crippen LogP contribution is -2.47. The lowest BCUT2D eigenvalue weighted by molar-refractivity contribution is -0.133. The zero-order valence-electron chi connectivity index (χ0n) is 16.4. The number of carbonyl (C=O) groups is 3. The van der Waals surface area contributed by atoms with Gasteiger partial charge in [-0.1, -0.05) is 18.2 Å². The van der Waals surface area contributed by atoms with Gasteiger partial charge in [0.2, 0.25) is 0 Å². The van der Waals surface area contributed by atoms with Gasteiger partial charge in [0.15, 0.2) is 11.3 Å². The van der Waals surface area contributed by atoms with Crippen molar-refractivity contribution in [2.75, 3.05) is 13.2 Å². The third-order valence-electron chi connectivity index (χ3n) is 5.35. The highest BCUT2D eigenvalue weighted by molar-refractivity contribution is 6.08. The van der Waals surface area contributed by atoms with E-state index >= 15 is 0 Å². The van der Waals surface area contributed by atoms with E-state index < -0.39 is 11.6 Å². The maximum Gasteiger partial charge on any atom is 0.325 e. The molecule has 2 heterocycles. The molecule has 1 fully saturated rings. The molecule has 150 valence electrons. The van der Waals surface area contributed by atoms with E-state index in [1.807, 2.05) is 19.1 Å². The van der Waals surface area contributed by atoms with Crippen LogP contribution in [0.4, 0.5) is 4.79 Å². The molecule has 0 bridgehead atoms. The number of ketones is 1. The first-order valence-corrected chi connectivity index (χ1v) is 9.59. The minimum atomic E-state index is -1.13. The van der Waals surface area contributed by atoms with Crippen LogP contribution in [0.15, 0.2) is 42.5 Å². The number of rotatable bonds is 5. The lowest BCUT2D eigenvalue weighted by Gasteiger charge is -2.33. The van der Waals surface area contributed by atoms with Gasteiger partial charge in [0, 0.05) is 23.1 Å². The maximum atomic E-state index is 13.4. The predicted molar refractivity (Wildman–Crippen MR) is 105 cm³/mol. The average Bonchev–Trinajstić information content (AvgIpc) is 2.94. The van der Waals surface area contributed by atoms with Crippen LogP contribution in [-0.2, 0) is 16.9 Å². The Hall–Kier alpha value is -3.35. The summed E-state index contributed by atoms with van der Waals surface area (Å²) >= 11 is 0. The number of imide groups is 1. The van der Waals surface area contributed by atoms with Gasteiger partial charge in [-0.2, -0.15) is 0 Å². The number of hydrogen-bond acceptors (Lipinski definition) is 5. The molecule has 1 saturated heterocycles. The van der Waals surface area contributed by atoms with Gasteiger partial charge >= 0.3 is 6.03 Å². The number of benzene rings is 2. The Bertz CT molecular complexity index is 1000. The molecule has 0 saturated carbocycles. The summed E-state index contributed by atoms with van der Waals surface area (Å²) in [6.45, 7) is 4.11. The monoisotopic (exact) mass is 394 g/mol. The summed E-state index contributed by atoms with van der Waals surface area (Å²) in [6.07, 6.45) is 0.358. The largest absolute Gasteiger partial charge is 0.494 e. The predicted octanol–water partition coefficient (Wildman–Crippen LogP) is 3.02. The van der Waals surface area contributed by atoms with Crippen LogP contribution in [0.1, 0.15) is 41.8 Å². The maximum absolute atomic E-state index is 13.4. The second-order valence-corrected chi connectivity index (χ2v) is 7.13. The minimum absolute atomic E-state index is 0.0197. The van der Waals surface area contributed by atoms with Gasteiger partial charge in [-0.3, -0.25) is 14.5 Å². The Morgan fingerprint density at radius 1 is 1.24 bits per heavy atom. The van der Waals surface area contributed by atoms with Crippen molar-refractivity contribution < 1.29 is 23.9 Å². The van der Waals surface area contributed by atoms with E-state index in [1.54, 1.807) is 30.3 Å². The Morgan fingerprint density at radius 3 is 2.79 bits per heavy atom. The third kappa shape index (κ3) is 3.12. The fourth-order valence-corrected chi connectivity index (χ4v) is 3.90. The Morgan fingerprint density at radius 2 is 2.03 bits per heavy atom. The quantitative estimate of drug-likeness (QED) is 0.622. The van der Waals surface area contributed by atoms with Crippen molar-refractivity contribution in [3.8, 4) is 11.5 Å². The second-order valence-electron chi connectivity index (χ2n) is 7.13. The number of para-hydroxylation sites is 1. The number of Topliss-reactive ketones (excluding diaryl/α,β-unsaturated/α-hetero) is 1. The number of carbonyl (C=O) groups excluding carboxylic acids is 3. The van der Waals surface area contributed by atoms with Crippen molar-refractivity contribution in [3.05, 3.63) is 59.2 Å². The van der Waals surface area contributed by atoms with Crippen molar-refractivity contribution in [2.45, 2.75) is 32.4 Å². The van der Waals surface area contributed by atoms with Gasteiger partial charge in [0.05, 0.1) is 19.8 Å². The summed E-state index contributed by atoms with van der Waals surface area (Å²) < 4.78 is 11.3. The van der Waals surface area contributed by atoms with Crippen molar-refractivity contribution in [3.63, 3.8) is 0 Å². The van der Waals surface area contributed by atoms with Crippen LogP contribution in [0.25, 0.3) is 0 Å². The Labute approximate surface area is 168 Å². The number of urea groups is 1. The minimum Gasteiger partial charge on any atom is -0.494 e. The van der Waals surface area contributed by atoms with Gasteiger partial charge < -0.3 is 14.8 Å². The number of hydrogen-bond donors (Lipinski definition) is 1. The summed E-state index contributed by atoms with van der Waals surface area (Å²) in [6, 6.07) is 11.8. The molecular weight excluding hydrogens is 372 g/mol. The van der Waals surface area contributed by atoms with Gasteiger partial charge in [-0.05, 0) is 38.1 Å². The first-order chi connectivity index (χ1) is 14.0. The van der Waals surface area contributed by atoms with Crippen molar-refractivity contribution in [1.29, 1.82) is 0 Å². The number of nitrogens with zero attached hydrogens (tertiary/aromatic N) is 1. The van der Waals surface area contributed by atoms with Gasteiger partial charge in [-0.15, -0.1) is 0 Å². The number of nitrogens with one attached hydrogen (secondary N) is 1. The van der Waals surface area contributed by atoms with Crippen LogP contribution in [0.3, 0.4) is 0 Å². The zero-order valence-corrected chi connectivity index (χ0v) is 16.4. The van der Waals surface area contributed by atoms with E-state index in [4.69, 9.17) is 9.47 Å². The van der Waals surface area contributed by atoms with Gasteiger partial charge in [0.1, 0.15) is 11.5 Å². The number of ether oxygens (including phenoxy) is 2. The van der Waals surface area contributed by atoms with Crippen LogP contribution in [-0.4, -0.2) is 35.8 Å². The molecule has 7 heteroatoms. The van der Waals surface area contributed by atoms with E-state index in [1.165, 1.54) is 11.8 Å². The van der Waals surface area contributed by atoms with E-state index in [-0.39, 0.29) is 18.2 Å². The molecule has 1 N–H and O–H groups in total. The molecule has 2 aromatic rings. The third-order valence-corrected chi connectivity index (χ3v) is 5.35. The fraction of sp³-hybridized carbons (Fsp3) is 0.318. The molecular formula is C22H22N2O5. The van der Waals surface area contributed by atoms with Gasteiger partial charge in [0.25, 0.3) is 5.91 Å². The first-order valence-electron chi connectivity index (χ1n) is 9.59. The standard InChI is InChI=1S/C22H22N2O5/c1-3-28-18-9-8-15(14(2)25)12-16(18)13-24-20(26)22(23-21(24)27)10-11-29-19-7-5-4-6-17(19)22/h4-9,12H,3,10-11,13H2,1-2H3,(H,23,27)/t22-/m1/s1. The molecule has 1 spiro atoms. The number of amides is 3. The molecule has 2 aliphatic heterocycles. The summed E-state index contributed by atoms with van der Waals surface area (Å²) in [5, 5.41) is 2.88. The van der Waals surface area contributed by atoms with E-state index in [0.29, 0.717) is 47.8 Å². The summed E-state index contributed by atoms with van der Waals surface area (Å²) in [5.41, 5.74) is 0.646. The highest BCUT2D eigenvalue weighted by atomic mass is 16.5. The average molecular weight is 394 g/mol.